The lowest BCUT2D eigenvalue weighted by Crippen LogP contribution is -2.41. The molecule has 44 heavy (non-hydrogen) atoms. The molecule has 0 spiro atoms. The van der Waals surface area contributed by atoms with E-state index in [1.165, 1.54) is 28.6 Å². The standard InChI is InChI=1S/C32H36N2O7S3/c35-27(24-41-29-13-11-28(12-14-29)40-23-26-7-3-1-4-8-26)22-33-21-25-17-19-34(20-18-25)44(38,39)32-16-15-31(42-32)43(36,37)30-9-5-2-6-10-30/h1-16,25,27,33,35H,17-24H2/t27-/m0/s1. The van der Waals surface area contributed by atoms with Crippen LogP contribution in [0.15, 0.2) is 110 Å². The number of nitrogens with one attached hydrogen (secondary N) is 1. The fraction of sp³-hybridized carbons (Fsp3) is 0.312. The number of sulfone groups is 1. The van der Waals surface area contributed by atoms with Crippen molar-refractivity contribution in [3.05, 3.63) is 103 Å². The van der Waals surface area contributed by atoms with E-state index in [1.807, 2.05) is 54.6 Å². The van der Waals surface area contributed by atoms with E-state index >= 15 is 0 Å². The number of rotatable bonds is 14. The van der Waals surface area contributed by atoms with Crippen LogP contribution in [0.2, 0.25) is 0 Å². The molecule has 0 aliphatic carbocycles. The van der Waals surface area contributed by atoms with Crippen molar-refractivity contribution in [1.29, 1.82) is 0 Å². The summed E-state index contributed by atoms with van der Waals surface area (Å²) >= 11 is 0.782. The Bertz CT molecular complexity index is 1690. The van der Waals surface area contributed by atoms with Crippen LogP contribution in [-0.4, -0.2) is 65.1 Å². The zero-order chi connectivity index (χ0) is 31.0. The van der Waals surface area contributed by atoms with Gasteiger partial charge >= 0.3 is 0 Å². The van der Waals surface area contributed by atoms with E-state index in [4.69, 9.17) is 9.47 Å². The van der Waals surface area contributed by atoms with E-state index < -0.39 is 26.0 Å². The van der Waals surface area contributed by atoms with E-state index in [0.717, 1.165) is 22.6 Å². The Kier molecular flexibility index (Phi) is 10.7. The Hall–Kier alpha value is -3.26. The van der Waals surface area contributed by atoms with E-state index in [-0.39, 0.29) is 25.8 Å². The van der Waals surface area contributed by atoms with Crippen molar-refractivity contribution in [2.75, 3.05) is 32.8 Å². The number of thiophene rings is 1. The maximum atomic E-state index is 13.2. The van der Waals surface area contributed by atoms with Gasteiger partial charge in [0.25, 0.3) is 10.0 Å². The number of aliphatic hydroxyl groups excluding tert-OH is 1. The SMILES string of the molecule is O=S(=O)(c1ccccc1)c1ccc(S(=O)(=O)N2CCC(CNC[C@H](O)COc3ccc(OCc4ccccc4)cc3)CC2)s1. The van der Waals surface area contributed by atoms with Crippen molar-refractivity contribution < 1.29 is 31.4 Å². The highest BCUT2D eigenvalue weighted by atomic mass is 32.3. The lowest BCUT2D eigenvalue weighted by atomic mass is 9.98. The molecule has 1 fully saturated rings. The Balaban J connectivity index is 1.01. The molecular weight excluding hydrogens is 621 g/mol. The van der Waals surface area contributed by atoms with Gasteiger partial charge in [-0.1, -0.05) is 48.5 Å². The van der Waals surface area contributed by atoms with Gasteiger partial charge in [0.1, 0.15) is 39.2 Å². The number of ether oxygens (including phenoxy) is 2. The summed E-state index contributed by atoms with van der Waals surface area (Å²) in [5.74, 6) is 1.63. The molecule has 0 unspecified atom stereocenters. The second-order valence-corrected chi connectivity index (χ2v) is 16.0. The largest absolute Gasteiger partial charge is 0.491 e. The van der Waals surface area contributed by atoms with Crippen molar-refractivity contribution in [1.82, 2.24) is 9.62 Å². The predicted molar refractivity (Wildman–Crippen MR) is 169 cm³/mol. The molecule has 4 aromatic rings. The van der Waals surface area contributed by atoms with Gasteiger partial charge in [0.15, 0.2) is 0 Å². The summed E-state index contributed by atoms with van der Waals surface area (Å²) in [7, 11) is -7.57. The van der Waals surface area contributed by atoms with Crippen molar-refractivity contribution in [2.24, 2.45) is 5.92 Å². The lowest BCUT2D eigenvalue weighted by molar-refractivity contribution is 0.104. The summed E-state index contributed by atoms with van der Waals surface area (Å²) in [6.45, 7) is 2.32. The van der Waals surface area contributed by atoms with Crippen molar-refractivity contribution in [3.63, 3.8) is 0 Å². The van der Waals surface area contributed by atoms with Crippen LogP contribution in [0, 0.1) is 5.92 Å². The smallest absolute Gasteiger partial charge is 0.252 e. The highest BCUT2D eigenvalue weighted by Crippen LogP contribution is 2.33. The first-order chi connectivity index (χ1) is 21.2. The third-order valence-electron chi connectivity index (χ3n) is 7.37. The quantitative estimate of drug-likeness (QED) is 0.202. The molecule has 1 atom stereocenters. The Morgan fingerprint density at radius 3 is 2.05 bits per heavy atom. The minimum atomic E-state index is -3.79. The van der Waals surface area contributed by atoms with Crippen molar-refractivity contribution in [2.45, 2.75) is 38.9 Å². The van der Waals surface area contributed by atoms with E-state index in [0.29, 0.717) is 51.4 Å². The van der Waals surface area contributed by atoms with Crippen LogP contribution >= 0.6 is 11.3 Å². The van der Waals surface area contributed by atoms with Crippen LogP contribution in [0.25, 0.3) is 0 Å². The number of sulfonamides is 1. The third kappa shape index (κ3) is 8.26. The van der Waals surface area contributed by atoms with Gasteiger partial charge < -0.3 is 19.9 Å². The molecule has 0 bridgehead atoms. The van der Waals surface area contributed by atoms with Gasteiger partial charge in [-0.2, -0.15) is 4.31 Å². The molecule has 1 saturated heterocycles. The molecular formula is C32H36N2O7S3. The van der Waals surface area contributed by atoms with E-state index in [2.05, 4.69) is 5.32 Å². The molecule has 2 heterocycles. The Morgan fingerprint density at radius 1 is 0.795 bits per heavy atom. The first-order valence-electron chi connectivity index (χ1n) is 14.4. The molecule has 3 aromatic carbocycles. The fourth-order valence-electron chi connectivity index (χ4n) is 4.86. The summed E-state index contributed by atoms with van der Waals surface area (Å²) < 4.78 is 65.2. The molecule has 0 saturated carbocycles. The van der Waals surface area contributed by atoms with Crippen LogP contribution in [0.5, 0.6) is 11.5 Å². The lowest BCUT2D eigenvalue weighted by Gasteiger charge is -2.31. The fourth-order valence-corrected chi connectivity index (χ4v) is 9.67. The highest BCUT2D eigenvalue weighted by molar-refractivity contribution is 7.95. The number of aliphatic hydroxyl groups is 1. The van der Waals surface area contributed by atoms with Gasteiger partial charge in [-0.15, -0.1) is 11.3 Å². The van der Waals surface area contributed by atoms with Crippen LogP contribution in [-0.2, 0) is 26.5 Å². The topological polar surface area (TPSA) is 122 Å². The van der Waals surface area contributed by atoms with Crippen LogP contribution < -0.4 is 14.8 Å². The number of nitrogens with zero attached hydrogens (tertiary/aromatic N) is 1. The van der Waals surface area contributed by atoms with E-state index in [9.17, 15) is 21.9 Å². The summed E-state index contributed by atoms with van der Waals surface area (Å²) in [6, 6.07) is 27.9. The molecule has 1 aromatic heterocycles. The molecule has 2 N–H and O–H groups in total. The third-order valence-corrected chi connectivity index (χ3v) is 13.1. The summed E-state index contributed by atoms with van der Waals surface area (Å²) in [4.78, 5) is 0.134. The Morgan fingerprint density at radius 2 is 1.39 bits per heavy atom. The summed E-state index contributed by atoms with van der Waals surface area (Å²) in [5, 5.41) is 13.6. The Labute approximate surface area is 263 Å². The average molecular weight is 657 g/mol. The normalized spacial score (nSPS) is 15.6. The van der Waals surface area contributed by atoms with Gasteiger partial charge in [0, 0.05) is 19.6 Å². The predicted octanol–water partition coefficient (Wildman–Crippen LogP) is 4.59. The zero-order valence-corrected chi connectivity index (χ0v) is 26.6. The minimum Gasteiger partial charge on any atom is -0.491 e. The molecule has 9 nitrogen and oxygen atoms in total. The summed E-state index contributed by atoms with van der Waals surface area (Å²) in [6.07, 6.45) is 0.625. The molecule has 5 rings (SSSR count). The number of hydrogen-bond donors (Lipinski definition) is 2. The average Bonchev–Trinajstić information content (AvgIpc) is 3.57. The monoisotopic (exact) mass is 656 g/mol. The number of hydrogen-bond acceptors (Lipinski definition) is 9. The minimum absolute atomic E-state index is 0.00812. The molecule has 0 amide bonds. The highest BCUT2D eigenvalue weighted by Gasteiger charge is 2.32. The second-order valence-electron chi connectivity index (χ2n) is 10.6. The molecule has 12 heteroatoms. The molecule has 0 radical (unpaired) electrons. The van der Waals surface area contributed by atoms with Crippen molar-refractivity contribution in [3.8, 4) is 11.5 Å². The van der Waals surface area contributed by atoms with Crippen LogP contribution in [0.3, 0.4) is 0 Å². The maximum Gasteiger partial charge on any atom is 0.252 e. The maximum absolute atomic E-state index is 13.2. The van der Waals surface area contributed by atoms with Gasteiger partial charge in [0.2, 0.25) is 9.84 Å². The van der Waals surface area contributed by atoms with Gasteiger partial charge in [0.05, 0.1) is 4.90 Å². The van der Waals surface area contributed by atoms with Crippen molar-refractivity contribution >= 4 is 31.2 Å². The van der Waals surface area contributed by atoms with Gasteiger partial charge in [-0.3, -0.25) is 0 Å². The number of benzene rings is 3. The number of piperidine rings is 1. The van der Waals surface area contributed by atoms with E-state index in [1.54, 1.807) is 18.2 Å². The first kappa shape index (κ1) is 32.1. The van der Waals surface area contributed by atoms with Gasteiger partial charge in [-0.25, -0.2) is 16.8 Å². The van der Waals surface area contributed by atoms with Gasteiger partial charge in [-0.05, 0) is 79.4 Å². The zero-order valence-electron chi connectivity index (χ0n) is 24.1. The van der Waals surface area contributed by atoms with Crippen LogP contribution in [0.4, 0.5) is 0 Å². The second kappa shape index (κ2) is 14.7. The van der Waals surface area contributed by atoms with Crippen LogP contribution in [0.1, 0.15) is 18.4 Å². The first-order valence-corrected chi connectivity index (χ1v) is 18.1. The molecule has 234 valence electrons. The molecule has 1 aliphatic rings. The summed E-state index contributed by atoms with van der Waals surface area (Å²) in [5.41, 5.74) is 1.09. The molecule has 1 aliphatic heterocycles.